The molecule has 0 aliphatic carbocycles. The summed E-state index contributed by atoms with van der Waals surface area (Å²) in [5.41, 5.74) is 2.40. The number of carbonyl (C=O) groups excluding carboxylic acids is 2. The van der Waals surface area contributed by atoms with E-state index in [1.807, 2.05) is 0 Å². The summed E-state index contributed by atoms with van der Waals surface area (Å²) < 4.78 is 5.71. The topological polar surface area (TPSA) is 71.3 Å². The van der Waals surface area contributed by atoms with Crippen molar-refractivity contribution in [2.24, 2.45) is 0 Å². The number of hydrogen-bond donors (Lipinski definition) is 2. The number of carbonyl (C=O) groups is 2. The molecule has 0 bridgehead atoms. The van der Waals surface area contributed by atoms with Gasteiger partial charge in [-0.1, -0.05) is 23.2 Å². The van der Waals surface area contributed by atoms with Crippen LogP contribution in [0, 0.1) is 6.92 Å². The Labute approximate surface area is 166 Å². The molecule has 0 radical (unpaired) electrons. The zero-order valence-electron chi connectivity index (χ0n) is 14.6. The normalized spacial score (nSPS) is 10.5. The fourth-order valence-electron chi connectivity index (χ4n) is 2.54. The molecule has 0 aliphatic rings. The van der Waals surface area contributed by atoms with Crippen molar-refractivity contribution < 1.29 is 14.0 Å². The molecule has 5 nitrogen and oxygen atoms in total. The first-order valence-electron chi connectivity index (χ1n) is 8.08. The molecule has 7 heteroatoms. The predicted octanol–water partition coefficient (Wildman–Crippen LogP) is 5.77. The van der Waals surface area contributed by atoms with Crippen LogP contribution in [-0.2, 0) is 4.79 Å². The van der Waals surface area contributed by atoms with Crippen LogP contribution in [0.3, 0.4) is 0 Å². The van der Waals surface area contributed by atoms with Gasteiger partial charge in [0.1, 0.15) is 11.5 Å². The highest BCUT2D eigenvalue weighted by molar-refractivity contribution is 6.42. The van der Waals surface area contributed by atoms with Crippen LogP contribution in [0.1, 0.15) is 23.0 Å². The maximum atomic E-state index is 12.6. The van der Waals surface area contributed by atoms with E-state index in [4.69, 9.17) is 27.6 Å². The molecule has 2 N–H and O–H groups in total. The van der Waals surface area contributed by atoms with Crippen LogP contribution in [0.25, 0.3) is 11.3 Å². The highest BCUT2D eigenvalue weighted by atomic mass is 35.5. The van der Waals surface area contributed by atoms with Gasteiger partial charge in [0.15, 0.2) is 0 Å². The summed E-state index contributed by atoms with van der Waals surface area (Å²) in [5, 5.41) is 6.33. The number of furan rings is 1. The van der Waals surface area contributed by atoms with Crippen LogP contribution in [0.5, 0.6) is 0 Å². The quantitative estimate of drug-likeness (QED) is 0.581. The summed E-state index contributed by atoms with van der Waals surface area (Å²) >= 11 is 12.0. The number of anilines is 2. The average molecular weight is 403 g/mol. The smallest absolute Gasteiger partial charge is 0.259 e. The van der Waals surface area contributed by atoms with Crippen LogP contribution in [0.15, 0.2) is 52.9 Å². The SMILES string of the molecule is CC(=O)Nc1ccc(NC(=O)c2cc(-c3ccc(Cl)c(Cl)c3)oc2C)cc1. The molecule has 27 heavy (non-hydrogen) atoms. The van der Waals surface area contributed by atoms with E-state index in [2.05, 4.69) is 10.6 Å². The molecule has 1 heterocycles. The van der Waals surface area contributed by atoms with E-state index in [0.29, 0.717) is 38.5 Å². The van der Waals surface area contributed by atoms with Crippen molar-refractivity contribution in [2.45, 2.75) is 13.8 Å². The molecule has 0 atom stereocenters. The summed E-state index contributed by atoms with van der Waals surface area (Å²) in [5.74, 6) is 0.561. The number of aryl methyl sites for hydroxylation is 1. The first-order chi connectivity index (χ1) is 12.8. The van der Waals surface area contributed by atoms with Gasteiger partial charge < -0.3 is 15.1 Å². The summed E-state index contributed by atoms with van der Waals surface area (Å²) in [7, 11) is 0. The Hall–Kier alpha value is -2.76. The van der Waals surface area contributed by atoms with E-state index >= 15 is 0 Å². The lowest BCUT2D eigenvalue weighted by atomic mass is 10.1. The summed E-state index contributed by atoms with van der Waals surface area (Å²) in [6, 6.07) is 13.6. The summed E-state index contributed by atoms with van der Waals surface area (Å²) in [4.78, 5) is 23.6. The van der Waals surface area contributed by atoms with Crippen LogP contribution < -0.4 is 10.6 Å². The third-order valence-corrected chi connectivity index (χ3v) is 4.57. The number of amides is 2. The third kappa shape index (κ3) is 4.51. The molecule has 0 saturated carbocycles. The first kappa shape index (κ1) is 19.0. The minimum Gasteiger partial charge on any atom is -0.461 e. The first-order valence-corrected chi connectivity index (χ1v) is 8.84. The van der Waals surface area contributed by atoms with Crippen molar-refractivity contribution >= 4 is 46.4 Å². The Kier molecular flexibility index (Phi) is 5.54. The Bertz CT molecular complexity index is 1010. The van der Waals surface area contributed by atoms with Crippen molar-refractivity contribution in [1.29, 1.82) is 0 Å². The second-order valence-electron chi connectivity index (χ2n) is 5.92. The van der Waals surface area contributed by atoms with Gasteiger partial charge in [-0.3, -0.25) is 9.59 Å². The van der Waals surface area contributed by atoms with Gasteiger partial charge in [0.2, 0.25) is 5.91 Å². The zero-order chi connectivity index (χ0) is 19.6. The van der Waals surface area contributed by atoms with Crippen molar-refractivity contribution in [3.8, 4) is 11.3 Å². The van der Waals surface area contributed by atoms with E-state index in [9.17, 15) is 9.59 Å². The van der Waals surface area contributed by atoms with Gasteiger partial charge in [0.25, 0.3) is 5.91 Å². The monoisotopic (exact) mass is 402 g/mol. The minimum absolute atomic E-state index is 0.157. The molecule has 3 aromatic rings. The summed E-state index contributed by atoms with van der Waals surface area (Å²) in [6.45, 7) is 3.15. The summed E-state index contributed by atoms with van der Waals surface area (Å²) in [6.07, 6.45) is 0. The van der Waals surface area contributed by atoms with Gasteiger partial charge in [-0.15, -0.1) is 0 Å². The Morgan fingerprint density at radius 2 is 1.52 bits per heavy atom. The van der Waals surface area contributed by atoms with Gasteiger partial charge in [-0.25, -0.2) is 0 Å². The molecule has 0 spiro atoms. The van der Waals surface area contributed by atoms with E-state index in [0.717, 1.165) is 5.56 Å². The number of benzene rings is 2. The van der Waals surface area contributed by atoms with E-state index < -0.39 is 0 Å². The number of nitrogens with one attached hydrogen (secondary N) is 2. The van der Waals surface area contributed by atoms with Gasteiger partial charge >= 0.3 is 0 Å². The average Bonchev–Trinajstić information content (AvgIpc) is 3.00. The molecule has 0 unspecified atom stereocenters. The molecule has 2 amide bonds. The van der Waals surface area contributed by atoms with Crippen LogP contribution >= 0.6 is 23.2 Å². The predicted molar refractivity (Wildman–Crippen MR) is 108 cm³/mol. The molecule has 0 aliphatic heterocycles. The standard InChI is InChI=1S/C20H16Cl2N2O3/c1-11-16(10-19(27-11)13-3-8-17(21)18(22)9-13)20(26)24-15-6-4-14(5-7-15)23-12(2)25/h3-10H,1-2H3,(H,23,25)(H,24,26). The van der Waals surface area contributed by atoms with Gasteiger partial charge in [-0.2, -0.15) is 0 Å². The van der Waals surface area contributed by atoms with Crippen molar-refractivity contribution in [3.63, 3.8) is 0 Å². The van der Waals surface area contributed by atoms with Crippen molar-refractivity contribution in [1.82, 2.24) is 0 Å². The molecule has 0 fully saturated rings. The molecule has 138 valence electrons. The molecule has 1 aromatic heterocycles. The number of halogens is 2. The Morgan fingerprint density at radius 3 is 2.11 bits per heavy atom. The van der Waals surface area contributed by atoms with Crippen molar-refractivity contribution in [2.75, 3.05) is 10.6 Å². The lowest BCUT2D eigenvalue weighted by Gasteiger charge is -2.06. The highest BCUT2D eigenvalue weighted by Gasteiger charge is 2.17. The van der Waals surface area contributed by atoms with E-state index in [-0.39, 0.29) is 11.8 Å². The minimum atomic E-state index is -0.296. The van der Waals surface area contributed by atoms with Crippen LogP contribution in [0.2, 0.25) is 10.0 Å². The van der Waals surface area contributed by atoms with Gasteiger partial charge in [0, 0.05) is 23.9 Å². The van der Waals surface area contributed by atoms with Gasteiger partial charge in [-0.05, 0) is 55.5 Å². The molecule has 3 rings (SSSR count). The number of rotatable bonds is 4. The van der Waals surface area contributed by atoms with Gasteiger partial charge in [0.05, 0.1) is 15.6 Å². The van der Waals surface area contributed by atoms with Crippen LogP contribution in [0.4, 0.5) is 11.4 Å². The zero-order valence-corrected chi connectivity index (χ0v) is 16.1. The van der Waals surface area contributed by atoms with E-state index in [1.165, 1.54) is 6.92 Å². The second-order valence-corrected chi connectivity index (χ2v) is 6.74. The maximum Gasteiger partial charge on any atom is 0.259 e. The van der Waals surface area contributed by atoms with Crippen LogP contribution in [-0.4, -0.2) is 11.8 Å². The maximum absolute atomic E-state index is 12.6. The Balaban J connectivity index is 1.78. The van der Waals surface area contributed by atoms with Crippen molar-refractivity contribution in [3.05, 3.63) is 69.9 Å². The largest absolute Gasteiger partial charge is 0.461 e. The molecular weight excluding hydrogens is 387 g/mol. The molecule has 0 saturated heterocycles. The number of hydrogen-bond acceptors (Lipinski definition) is 3. The Morgan fingerprint density at radius 1 is 0.889 bits per heavy atom. The highest BCUT2D eigenvalue weighted by Crippen LogP contribution is 2.31. The van der Waals surface area contributed by atoms with E-state index in [1.54, 1.807) is 55.5 Å². The lowest BCUT2D eigenvalue weighted by Crippen LogP contribution is -2.12. The molecular formula is C20H16Cl2N2O3. The fraction of sp³-hybridized carbons (Fsp3) is 0.100. The lowest BCUT2D eigenvalue weighted by molar-refractivity contribution is -0.114. The third-order valence-electron chi connectivity index (χ3n) is 3.83. The fourth-order valence-corrected chi connectivity index (χ4v) is 2.84. The molecule has 2 aromatic carbocycles. The second kappa shape index (κ2) is 7.86.